The third-order valence-electron chi connectivity index (χ3n) is 7.56. The Morgan fingerprint density at radius 3 is 1.51 bits per heavy atom. The maximum atomic E-state index is 7.91. The van der Waals surface area contributed by atoms with E-state index in [2.05, 4.69) is 137 Å². The summed E-state index contributed by atoms with van der Waals surface area (Å²) in [4.78, 5) is 0. The van der Waals surface area contributed by atoms with Crippen molar-refractivity contribution in [3.8, 4) is 11.1 Å². The highest BCUT2D eigenvalue weighted by Gasteiger charge is 2.55. The van der Waals surface area contributed by atoms with Crippen LogP contribution in [0.15, 0.2) is 126 Å². The van der Waals surface area contributed by atoms with E-state index in [4.69, 9.17) is 11.2 Å². The first-order chi connectivity index (χ1) is 17.2. The highest BCUT2D eigenvalue weighted by Crippen LogP contribution is 2.73. The minimum Gasteiger partial charge on any atom is -0.0895 e. The van der Waals surface area contributed by atoms with E-state index >= 15 is 0 Å². The Bertz CT molecular complexity index is 1490. The van der Waals surface area contributed by atoms with E-state index in [1.165, 1.54) is 49.8 Å². The lowest BCUT2D eigenvalue weighted by molar-refractivity contribution is 0.709. The summed E-state index contributed by atoms with van der Waals surface area (Å²) in [5, 5.41) is 0.781. The van der Waals surface area contributed by atoms with Crippen LogP contribution in [0.3, 0.4) is 0 Å². The van der Waals surface area contributed by atoms with Gasteiger partial charge in [-0.3, -0.25) is 0 Å². The summed E-state index contributed by atoms with van der Waals surface area (Å²) in [6, 6.07) is 44.0. The monoisotopic (exact) mass is 550 g/mol. The van der Waals surface area contributed by atoms with Crippen LogP contribution in [0.2, 0.25) is 0 Å². The van der Waals surface area contributed by atoms with Crippen LogP contribution in [0.25, 0.3) is 11.1 Å². The Kier molecular flexibility index (Phi) is 5.04. The Morgan fingerprint density at radius 1 is 0.543 bits per heavy atom. The SMILES string of the molecule is ClP(c1ccccc1-c1ccccc1Br)C12c3ccccc3C(c3ccccc31)c1ccccc12. The van der Waals surface area contributed by atoms with Gasteiger partial charge in [-0.15, -0.1) is 0 Å². The molecule has 3 aliphatic rings. The minimum absolute atomic E-state index is 0.249. The molecule has 1 unspecified atom stereocenters. The predicted molar refractivity (Wildman–Crippen MR) is 152 cm³/mol. The highest BCUT2D eigenvalue weighted by atomic mass is 79.9. The Morgan fingerprint density at radius 2 is 0.971 bits per heavy atom. The van der Waals surface area contributed by atoms with Crippen LogP contribution in [0, 0.1) is 0 Å². The van der Waals surface area contributed by atoms with Gasteiger partial charge in [-0.2, -0.15) is 0 Å². The molecule has 3 heteroatoms. The van der Waals surface area contributed by atoms with Crippen molar-refractivity contribution in [1.82, 2.24) is 0 Å². The topological polar surface area (TPSA) is 0 Å². The van der Waals surface area contributed by atoms with Crippen molar-refractivity contribution >= 4 is 39.7 Å². The van der Waals surface area contributed by atoms with Crippen LogP contribution in [0.1, 0.15) is 39.3 Å². The maximum Gasteiger partial charge on any atom is 0.0840 e. The number of hydrogen-bond acceptors (Lipinski definition) is 0. The van der Waals surface area contributed by atoms with Gasteiger partial charge in [0.2, 0.25) is 0 Å². The molecular weight excluding hydrogens is 531 g/mol. The minimum atomic E-state index is -1.21. The molecule has 0 saturated heterocycles. The van der Waals surface area contributed by atoms with Gasteiger partial charge >= 0.3 is 0 Å². The first-order valence-corrected chi connectivity index (χ1v) is 14.8. The summed E-state index contributed by atoms with van der Waals surface area (Å²) in [6.07, 6.45) is 0. The molecular formula is C32H21BrClP. The first kappa shape index (κ1) is 21.6. The van der Waals surface area contributed by atoms with Gasteiger partial charge in [0.15, 0.2) is 0 Å². The lowest BCUT2D eigenvalue weighted by Gasteiger charge is -2.52. The zero-order valence-corrected chi connectivity index (χ0v) is 22.1. The molecule has 168 valence electrons. The maximum absolute atomic E-state index is 7.91. The molecule has 0 radical (unpaired) electrons. The van der Waals surface area contributed by atoms with Crippen molar-refractivity contribution in [3.63, 3.8) is 0 Å². The molecule has 3 aliphatic carbocycles. The van der Waals surface area contributed by atoms with Crippen LogP contribution >= 0.6 is 34.4 Å². The Balaban J connectivity index is 1.59. The fourth-order valence-electron chi connectivity index (χ4n) is 6.22. The molecule has 35 heavy (non-hydrogen) atoms. The van der Waals surface area contributed by atoms with Crippen LogP contribution in [-0.2, 0) is 5.16 Å². The fourth-order valence-corrected chi connectivity index (χ4v) is 10.2. The predicted octanol–water partition coefficient (Wildman–Crippen LogP) is 9.18. The Labute approximate surface area is 220 Å². The third kappa shape index (κ3) is 2.90. The number of rotatable bonds is 3. The Hall–Kier alpha value is -2.70. The van der Waals surface area contributed by atoms with Crippen molar-refractivity contribution in [3.05, 3.63) is 159 Å². The molecule has 0 amide bonds. The quantitative estimate of drug-likeness (QED) is 0.196. The van der Waals surface area contributed by atoms with Crippen molar-refractivity contribution in [1.29, 1.82) is 0 Å². The van der Waals surface area contributed by atoms with E-state index in [0.717, 1.165) is 4.47 Å². The molecule has 0 heterocycles. The van der Waals surface area contributed by atoms with Gasteiger partial charge in [-0.1, -0.05) is 142 Å². The van der Waals surface area contributed by atoms with E-state index in [0.29, 0.717) is 0 Å². The summed E-state index contributed by atoms with van der Waals surface area (Å²) in [6.45, 7) is 0. The summed E-state index contributed by atoms with van der Waals surface area (Å²) in [5.41, 5.74) is 10.6. The first-order valence-electron chi connectivity index (χ1n) is 11.8. The molecule has 1 atom stereocenters. The molecule has 0 nitrogen and oxygen atoms in total. The molecule has 0 saturated carbocycles. The number of hydrogen-bond donors (Lipinski definition) is 0. The molecule has 0 fully saturated rings. The van der Waals surface area contributed by atoms with Crippen molar-refractivity contribution in [2.24, 2.45) is 0 Å². The number of halogens is 2. The number of benzene rings is 5. The summed E-state index contributed by atoms with van der Waals surface area (Å²) >= 11 is 11.7. The van der Waals surface area contributed by atoms with E-state index in [-0.39, 0.29) is 5.92 Å². The van der Waals surface area contributed by atoms with Gasteiger partial charge in [0.25, 0.3) is 0 Å². The molecule has 2 bridgehead atoms. The second-order valence-electron chi connectivity index (χ2n) is 9.18. The normalized spacial score (nSPS) is 20.0. The third-order valence-corrected chi connectivity index (χ3v) is 11.7. The average molecular weight is 552 g/mol. The summed E-state index contributed by atoms with van der Waals surface area (Å²) in [7, 11) is -1.21. The summed E-state index contributed by atoms with van der Waals surface area (Å²) < 4.78 is 1.08. The van der Waals surface area contributed by atoms with Gasteiger partial charge in [0, 0.05) is 23.0 Å². The largest absolute Gasteiger partial charge is 0.0895 e. The van der Waals surface area contributed by atoms with Crippen LogP contribution in [0.4, 0.5) is 0 Å². The van der Waals surface area contributed by atoms with E-state index < -0.39 is 12.4 Å². The molecule has 0 spiro atoms. The molecule has 0 aliphatic heterocycles. The van der Waals surface area contributed by atoms with E-state index in [9.17, 15) is 0 Å². The molecule has 0 N–H and O–H groups in total. The molecule has 0 aromatic heterocycles. The molecule has 5 aromatic carbocycles. The lowest BCUT2D eigenvalue weighted by Crippen LogP contribution is -2.41. The second-order valence-corrected chi connectivity index (χ2v) is 12.8. The summed E-state index contributed by atoms with van der Waals surface area (Å²) in [5.74, 6) is 0.249. The highest BCUT2D eigenvalue weighted by molar-refractivity contribution is 9.10. The fraction of sp³-hybridized carbons (Fsp3) is 0.0625. The van der Waals surface area contributed by atoms with Crippen LogP contribution < -0.4 is 5.30 Å². The van der Waals surface area contributed by atoms with Crippen molar-refractivity contribution in [2.75, 3.05) is 0 Å². The van der Waals surface area contributed by atoms with Crippen molar-refractivity contribution < 1.29 is 0 Å². The zero-order chi connectivity index (χ0) is 23.6. The molecule has 5 aromatic rings. The molecule has 8 rings (SSSR count). The average Bonchev–Trinajstić information content (AvgIpc) is 2.92. The van der Waals surface area contributed by atoms with Gasteiger partial charge in [-0.05, 0) is 50.6 Å². The van der Waals surface area contributed by atoms with Gasteiger partial charge in [0.1, 0.15) is 0 Å². The zero-order valence-electron chi connectivity index (χ0n) is 18.8. The van der Waals surface area contributed by atoms with Crippen molar-refractivity contribution in [2.45, 2.75) is 11.1 Å². The smallest absolute Gasteiger partial charge is 0.0840 e. The van der Waals surface area contributed by atoms with E-state index in [1.54, 1.807) is 0 Å². The van der Waals surface area contributed by atoms with E-state index in [1.807, 2.05) is 0 Å². The lowest BCUT2D eigenvalue weighted by atomic mass is 9.60. The van der Waals surface area contributed by atoms with Crippen LogP contribution in [0.5, 0.6) is 0 Å². The van der Waals surface area contributed by atoms with Gasteiger partial charge < -0.3 is 0 Å². The standard InChI is InChI=1S/C32H21BrClP/c33-29-19-9-4-11-21(29)22-12-5-10-20-30(22)35(34)32-26-16-6-1-13-23(26)31(24-14-2-7-17-27(24)32)25-15-3-8-18-28(25)32/h1-20,31H. The van der Waals surface area contributed by atoms with Gasteiger partial charge in [-0.25, -0.2) is 0 Å². The second kappa shape index (κ2) is 8.17. The van der Waals surface area contributed by atoms with Crippen LogP contribution in [-0.4, -0.2) is 0 Å². The van der Waals surface area contributed by atoms with Gasteiger partial charge in [0.05, 0.1) is 5.16 Å².